The minimum absolute atomic E-state index is 0.0665. The van der Waals surface area contributed by atoms with Crippen molar-refractivity contribution in [3.05, 3.63) is 17.5 Å². The summed E-state index contributed by atoms with van der Waals surface area (Å²) in [5.41, 5.74) is -2.08. The van der Waals surface area contributed by atoms with Crippen LogP contribution in [0.4, 0.5) is 19.1 Å². The normalized spacial score (nSPS) is 32.0. The molecular weight excluding hydrogens is 437 g/mol. The molecule has 0 radical (unpaired) electrons. The summed E-state index contributed by atoms with van der Waals surface area (Å²) >= 11 is 0. The lowest BCUT2D eigenvalue weighted by Crippen LogP contribution is -2.46. The lowest BCUT2D eigenvalue weighted by atomic mass is 9.65. The zero-order valence-corrected chi connectivity index (χ0v) is 18.4. The van der Waals surface area contributed by atoms with Crippen LogP contribution >= 0.6 is 0 Å². The van der Waals surface area contributed by atoms with Crippen molar-refractivity contribution in [3.63, 3.8) is 0 Å². The molecule has 1 saturated heterocycles. The highest BCUT2D eigenvalue weighted by Crippen LogP contribution is 2.53. The molecule has 4 aliphatic carbocycles. The first kappa shape index (κ1) is 22.4. The number of amides is 1. The number of hydrogen-bond acceptors (Lipinski definition) is 5. The van der Waals surface area contributed by atoms with Crippen LogP contribution in [-0.2, 0) is 11.0 Å². The molecule has 2 atom stereocenters. The summed E-state index contributed by atoms with van der Waals surface area (Å²) in [6, 6.07) is 0. The molecule has 2 N–H and O–H groups in total. The number of carbonyl (C=O) groups excluding carboxylic acids is 1. The Kier molecular flexibility index (Phi) is 5.52. The minimum atomic E-state index is -4.80. The van der Waals surface area contributed by atoms with Gasteiger partial charge in [-0.2, -0.15) is 13.2 Å². The van der Waals surface area contributed by atoms with Crippen LogP contribution in [-0.4, -0.2) is 50.5 Å². The fraction of sp³-hybridized carbons (Fsp3) is 0.739. The van der Waals surface area contributed by atoms with Gasteiger partial charge in [-0.15, -0.1) is 0 Å². The van der Waals surface area contributed by atoms with Gasteiger partial charge in [0, 0.05) is 24.8 Å². The van der Waals surface area contributed by atoms with Gasteiger partial charge in [-0.3, -0.25) is 9.59 Å². The third kappa shape index (κ3) is 4.40. The van der Waals surface area contributed by atoms with E-state index in [1.54, 1.807) is 0 Å². The third-order valence-electron chi connectivity index (χ3n) is 8.19. The Bertz CT molecular complexity index is 931. The molecule has 2 heterocycles. The van der Waals surface area contributed by atoms with Crippen molar-refractivity contribution in [2.24, 2.45) is 23.7 Å². The number of carboxylic acid groups (broad SMARTS) is 1. The Balaban J connectivity index is 1.38. The van der Waals surface area contributed by atoms with Crippen LogP contribution in [0.15, 0.2) is 6.20 Å². The van der Waals surface area contributed by atoms with Crippen LogP contribution in [0.25, 0.3) is 0 Å². The van der Waals surface area contributed by atoms with Crippen LogP contribution in [0, 0.1) is 23.7 Å². The van der Waals surface area contributed by atoms with Crippen molar-refractivity contribution in [1.29, 1.82) is 0 Å². The van der Waals surface area contributed by atoms with E-state index in [2.05, 4.69) is 15.3 Å². The van der Waals surface area contributed by atoms with Crippen molar-refractivity contribution in [2.45, 2.75) is 69.5 Å². The number of alkyl halides is 3. The average Bonchev–Trinajstić information content (AvgIpc) is 2.95. The summed E-state index contributed by atoms with van der Waals surface area (Å²) < 4.78 is 41.8. The predicted molar refractivity (Wildman–Crippen MR) is 112 cm³/mol. The summed E-state index contributed by atoms with van der Waals surface area (Å²) in [5, 5.41) is 12.4. The van der Waals surface area contributed by atoms with E-state index >= 15 is 0 Å². The van der Waals surface area contributed by atoms with E-state index in [4.69, 9.17) is 5.11 Å². The fourth-order valence-corrected chi connectivity index (χ4v) is 6.86. The van der Waals surface area contributed by atoms with Gasteiger partial charge in [0.2, 0.25) is 5.95 Å². The molecule has 2 unspecified atom stereocenters. The van der Waals surface area contributed by atoms with Gasteiger partial charge in [-0.1, -0.05) is 0 Å². The Morgan fingerprint density at radius 2 is 1.70 bits per heavy atom. The van der Waals surface area contributed by atoms with Gasteiger partial charge >= 0.3 is 12.1 Å². The van der Waals surface area contributed by atoms with Crippen molar-refractivity contribution in [1.82, 2.24) is 14.9 Å². The van der Waals surface area contributed by atoms with Crippen molar-refractivity contribution >= 4 is 17.8 Å². The molecule has 1 amide bonds. The first-order valence-corrected chi connectivity index (χ1v) is 11.9. The molecule has 10 heteroatoms. The van der Waals surface area contributed by atoms with Crippen LogP contribution in [0.5, 0.6) is 0 Å². The largest absolute Gasteiger partial charge is 0.481 e. The first-order chi connectivity index (χ1) is 15.6. The molecule has 4 saturated carbocycles. The topological polar surface area (TPSA) is 95.4 Å². The van der Waals surface area contributed by atoms with Gasteiger partial charge in [0.1, 0.15) is 0 Å². The molecule has 33 heavy (non-hydrogen) atoms. The quantitative estimate of drug-likeness (QED) is 0.691. The van der Waals surface area contributed by atoms with E-state index in [0.29, 0.717) is 11.8 Å². The maximum atomic E-state index is 13.9. The molecule has 6 rings (SSSR count). The van der Waals surface area contributed by atoms with Gasteiger partial charge in [-0.25, -0.2) is 9.97 Å². The number of nitrogens with zero attached hydrogens (tertiary/aromatic N) is 3. The van der Waals surface area contributed by atoms with E-state index < -0.39 is 35.2 Å². The number of carboxylic acids is 1. The summed E-state index contributed by atoms with van der Waals surface area (Å²) in [5.74, 6) is -0.465. The molecule has 1 aromatic rings. The van der Waals surface area contributed by atoms with Gasteiger partial charge in [-0.05, 0) is 75.5 Å². The SMILES string of the molecule is O=C(O)C1CCN(C(=O)c2cnc(NC34CCC5CC(CC(C5)C3)C4)nc2C(F)(F)F)CC1. The molecule has 1 aromatic heterocycles. The van der Waals surface area contributed by atoms with Gasteiger partial charge < -0.3 is 15.3 Å². The third-order valence-corrected chi connectivity index (χ3v) is 8.19. The average molecular weight is 467 g/mol. The standard InChI is InChI=1S/C23H29F3N4O3/c24-23(25,26)18-17(19(31)30-5-2-16(3-6-30)20(32)33)12-27-21(28-18)29-22-4-1-13-7-14(10-22)9-15(8-13)11-22/h12-16H,1-11H2,(H,32,33)(H,27,28,29). The second kappa shape index (κ2) is 8.13. The minimum Gasteiger partial charge on any atom is -0.481 e. The number of piperidine rings is 1. The van der Waals surface area contributed by atoms with Crippen molar-refractivity contribution in [2.75, 3.05) is 18.4 Å². The molecule has 7 nitrogen and oxygen atoms in total. The molecule has 0 spiro atoms. The van der Waals surface area contributed by atoms with Crippen LogP contribution < -0.4 is 5.32 Å². The second-order valence-corrected chi connectivity index (χ2v) is 10.5. The smallest absolute Gasteiger partial charge is 0.434 e. The Hall–Kier alpha value is -2.39. The zero-order valence-electron chi connectivity index (χ0n) is 18.4. The number of rotatable bonds is 4. The number of carbonyl (C=O) groups is 2. The first-order valence-electron chi connectivity index (χ1n) is 11.9. The lowest BCUT2D eigenvalue weighted by molar-refractivity contribution is -0.143. The summed E-state index contributed by atoms with van der Waals surface area (Å²) in [6.07, 6.45) is 4.10. The number of anilines is 1. The molecule has 5 fully saturated rings. The number of likely N-dealkylation sites (tertiary alicyclic amines) is 1. The molecule has 4 bridgehead atoms. The summed E-state index contributed by atoms with van der Waals surface area (Å²) in [7, 11) is 0. The molecular formula is C23H29F3N4O3. The van der Waals surface area contributed by atoms with E-state index in [-0.39, 0.29) is 37.4 Å². The number of halogens is 3. The number of aliphatic carboxylic acids is 1. The van der Waals surface area contributed by atoms with Crippen LogP contribution in [0.2, 0.25) is 0 Å². The number of nitrogens with one attached hydrogen (secondary N) is 1. The highest BCUT2D eigenvalue weighted by Gasteiger charge is 2.48. The number of hydrogen-bond donors (Lipinski definition) is 2. The highest BCUT2D eigenvalue weighted by molar-refractivity contribution is 5.95. The monoisotopic (exact) mass is 466 g/mol. The number of aromatic nitrogens is 2. The van der Waals surface area contributed by atoms with E-state index in [1.165, 1.54) is 24.2 Å². The summed E-state index contributed by atoms with van der Waals surface area (Å²) in [6.45, 7) is 0.195. The fourth-order valence-electron chi connectivity index (χ4n) is 6.86. The zero-order chi connectivity index (χ0) is 23.4. The number of fused-ring (bicyclic) bond motifs is 1. The molecule has 0 aromatic carbocycles. The Morgan fingerprint density at radius 1 is 1.06 bits per heavy atom. The highest BCUT2D eigenvalue weighted by atomic mass is 19.4. The maximum absolute atomic E-state index is 13.9. The summed E-state index contributed by atoms with van der Waals surface area (Å²) in [4.78, 5) is 33.3. The molecule has 180 valence electrons. The van der Waals surface area contributed by atoms with Gasteiger partial charge in [0.25, 0.3) is 5.91 Å². The predicted octanol–water partition coefficient (Wildman–Crippen LogP) is 4.20. The second-order valence-electron chi connectivity index (χ2n) is 10.5. The molecule has 5 aliphatic rings. The Morgan fingerprint density at radius 3 is 2.30 bits per heavy atom. The van der Waals surface area contributed by atoms with E-state index in [9.17, 15) is 22.8 Å². The van der Waals surface area contributed by atoms with Crippen LogP contribution in [0.1, 0.15) is 73.8 Å². The lowest BCUT2D eigenvalue weighted by Gasteiger charge is -2.45. The van der Waals surface area contributed by atoms with Crippen molar-refractivity contribution < 1.29 is 27.9 Å². The Labute approximate surface area is 190 Å². The van der Waals surface area contributed by atoms with Crippen LogP contribution in [0.3, 0.4) is 0 Å². The van der Waals surface area contributed by atoms with Gasteiger partial charge in [0.15, 0.2) is 5.69 Å². The molecule has 1 aliphatic heterocycles. The van der Waals surface area contributed by atoms with Gasteiger partial charge in [0.05, 0.1) is 11.5 Å². The van der Waals surface area contributed by atoms with E-state index in [0.717, 1.165) is 37.8 Å². The van der Waals surface area contributed by atoms with Crippen molar-refractivity contribution in [3.8, 4) is 0 Å². The maximum Gasteiger partial charge on any atom is 0.434 e. The van der Waals surface area contributed by atoms with E-state index in [1.807, 2.05) is 0 Å².